The summed E-state index contributed by atoms with van der Waals surface area (Å²) >= 11 is 5.26. The number of aromatic nitrogens is 3. The van der Waals surface area contributed by atoms with Crippen molar-refractivity contribution in [2.75, 3.05) is 19.7 Å². The number of nitrogens with zero attached hydrogens (tertiary/aromatic N) is 4. The highest BCUT2D eigenvalue weighted by atomic mass is 32.1. The van der Waals surface area contributed by atoms with E-state index in [1.54, 1.807) is 17.1 Å². The molecule has 1 fully saturated rings. The van der Waals surface area contributed by atoms with Gasteiger partial charge in [0.05, 0.1) is 24.8 Å². The third-order valence-electron chi connectivity index (χ3n) is 3.97. The van der Waals surface area contributed by atoms with E-state index in [4.69, 9.17) is 21.4 Å². The molecule has 0 aromatic carbocycles. The molecular weight excluding hydrogens is 328 g/mol. The van der Waals surface area contributed by atoms with Crippen molar-refractivity contribution < 1.29 is 13.9 Å². The van der Waals surface area contributed by atoms with Crippen LogP contribution in [0.1, 0.15) is 19.8 Å². The molecule has 1 aliphatic heterocycles. The molecule has 2 aromatic heterocycles. The molecule has 8 heteroatoms. The lowest BCUT2D eigenvalue weighted by atomic mass is 9.99. The van der Waals surface area contributed by atoms with E-state index in [1.165, 1.54) is 0 Å². The number of esters is 1. The van der Waals surface area contributed by atoms with E-state index in [0.717, 1.165) is 24.9 Å². The Morgan fingerprint density at radius 3 is 3.17 bits per heavy atom. The standard InChI is InChI=1S/C16H20N4O3S/c1-2-22-15(21)13-6-4-8-19(10-13)11-20-16(24)23-14(18-20)12-5-3-7-17-9-12/h3,5,7,9,13H,2,4,6,8,10-11H2,1H3/t13-/m1/s1. The highest BCUT2D eigenvalue weighted by Crippen LogP contribution is 2.20. The number of carbonyl (C=O) groups excluding carboxylic acids is 1. The molecule has 24 heavy (non-hydrogen) atoms. The van der Waals surface area contributed by atoms with Gasteiger partial charge in [0.15, 0.2) is 0 Å². The van der Waals surface area contributed by atoms with Crippen LogP contribution in [-0.4, -0.2) is 45.3 Å². The van der Waals surface area contributed by atoms with Gasteiger partial charge < -0.3 is 9.15 Å². The molecule has 1 saturated heterocycles. The molecule has 0 radical (unpaired) electrons. The fourth-order valence-electron chi connectivity index (χ4n) is 2.83. The van der Waals surface area contributed by atoms with Crippen molar-refractivity contribution in [1.29, 1.82) is 0 Å². The maximum absolute atomic E-state index is 11.9. The number of piperidine rings is 1. The van der Waals surface area contributed by atoms with Gasteiger partial charge >= 0.3 is 5.97 Å². The smallest absolute Gasteiger partial charge is 0.310 e. The van der Waals surface area contributed by atoms with E-state index in [9.17, 15) is 4.79 Å². The van der Waals surface area contributed by atoms with E-state index in [-0.39, 0.29) is 11.9 Å². The maximum atomic E-state index is 11.9. The summed E-state index contributed by atoms with van der Waals surface area (Å²) in [6, 6.07) is 3.69. The van der Waals surface area contributed by atoms with Crippen LogP contribution in [0.5, 0.6) is 0 Å². The summed E-state index contributed by atoms with van der Waals surface area (Å²) < 4.78 is 12.3. The van der Waals surface area contributed by atoms with Crippen LogP contribution in [0.3, 0.4) is 0 Å². The maximum Gasteiger partial charge on any atom is 0.310 e. The average Bonchev–Trinajstić information content (AvgIpc) is 2.97. The van der Waals surface area contributed by atoms with Crippen LogP contribution in [-0.2, 0) is 16.2 Å². The predicted octanol–water partition coefficient (Wildman–Crippen LogP) is 2.50. The van der Waals surface area contributed by atoms with Gasteiger partial charge in [-0.25, -0.2) is 4.68 Å². The molecule has 2 aromatic rings. The van der Waals surface area contributed by atoms with E-state index in [2.05, 4.69) is 15.0 Å². The van der Waals surface area contributed by atoms with Crippen molar-refractivity contribution in [3.63, 3.8) is 0 Å². The summed E-state index contributed by atoms with van der Waals surface area (Å²) in [5.41, 5.74) is 0.783. The summed E-state index contributed by atoms with van der Waals surface area (Å²) in [5, 5.41) is 4.43. The summed E-state index contributed by atoms with van der Waals surface area (Å²) in [6.07, 6.45) is 5.19. The van der Waals surface area contributed by atoms with Crippen LogP contribution in [0, 0.1) is 10.8 Å². The molecule has 0 N–H and O–H groups in total. The lowest BCUT2D eigenvalue weighted by Crippen LogP contribution is -2.40. The predicted molar refractivity (Wildman–Crippen MR) is 89.5 cm³/mol. The van der Waals surface area contributed by atoms with Gasteiger partial charge in [0.1, 0.15) is 0 Å². The zero-order valence-electron chi connectivity index (χ0n) is 13.6. The number of ether oxygens (including phenoxy) is 1. The van der Waals surface area contributed by atoms with E-state index >= 15 is 0 Å². The summed E-state index contributed by atoms with van der Waals surface area (Å²) in [6.45, 7) is 4.28. The molecule has 0 bridgehead atoms. The number of rotatable bonds is 5. The van der Waals surface area contributed by atoms with Crippen molar-refractivity contribution in [3.8, 4) is 11.5 Å². The van der Waals surface area contributed by atoms with Crippen molar-refractivity contribution >= 4 is 18.2 Å². The second-order valence-corrected chi connectivity index (χ2v) is 6.07. The number of pyridine rings is 1. The third kappa shape index (κ3) is 3.88. The lowest BCUT2D eigenvalue weighted by Gasteiger charge is -2.30. The van der Waals surface area contributed by atoms with Crippen LogP contribution in [0.2, 0.25) is 0 Å². The first kappa shape index (κ1) is 16.8. The molecule has 3 rings (SSSR count). The largest absolute Gasteiger partial charge is 0.466 e. The van der Waals surface area contributed by atoms with Gasteiger partial charge in [-0.05, 0) is 50.7 Å². The Balaban J connectivity index is 1.69. The summed E-state index contributed by atoms with van der Waals surface area (Å²) in [7, 11) is 0. The molecule has 128 valence electrons. The second kappa shape index (κ2) is 7.67. The van der Waals surface area contributed by atoms with Gasteiger partial charge in [-0.1, -0.05) is 0 Å². The molecule has 1 atom stereocenters. The Kier molecular flexibility index (Phi) is 5.37. The van der Waals surface area contributed by atoms with Gasteiger partial charge in [-0.3, -0.25) is 14.7 Å². The van der Waals surface area contributed by atoms with Gasteiger partial charge in [-0.15, -0.1) is 5.10 Å². The fourth-order valence-corrected chi connectivity index (χ4v) is 3.00. The number of carbonyl (C=O) groups is 1. The SMILES string of the molecule is CCOC(=O)[C@@H]1CCCN(Cn2nc(-c3cccnc3)oc2=S)C1. The number of likely N-dealkylation sites (tertiary alicyclic amines) is 1. The van der Waals surface area contributed by atoms with Gasteiger partial charge in [0.25, 0.3) is 4.84 Å². The molecule has 0 saturated carbocycles. The van der Waals surface area contributed by atoms with Crippen molar-refractivity contribution in [2.24, 2.45) is 5.92 Å². The van der Waals surface area contributed by atoms with E-state index in [1.807, 2.05) is 19.1 Å². The zero-order valence-corrected chi connectivity index (χ0v) is 14.4. The van der Waals surface area contributed by atoms with Crippen molar-refractivity contribution in [1.82, 2.24) is 19.7 Å². The van der Waals surface area contributed by atoms with Crippen LogP contribution in [0.15, 0.2) is 28.9 Å². The average molecular weight is 348 g/mol. The minimum Gasteiger partial charge on any atom is -0.466 e. The first-order valence-corrected chi connectivity index (χ1v) is 8.45. The van der Waals surface area contributed by atoms with Crippen LogP contribution < -0.4 is 0 Å². The van der Waals surface area contributed by atoms with Crippen LogP contribution in [0.25, 0.3) is 11.5 Å². The molecule has 1 aliphatic rings. The minimum absolute atomic E-state index is 0.0856. The van der Waals surface area contributed by atoms with Gasteiger partial charge in [0, 0.05) is 18.9 Å². The number of hydrogen-bond acceptors (Lipinski definition) is 7. The summed E-state index contributed by atoms with van der Waals surface area (Å²) in [4.78, 5) is 18.5. The zero-order chi connectivity index (χ0) is 16.9. The molecule has 0 aliphatic carbocycles. The van der Waals surface area contributed by atoms with Crippen LogP contribution in [0.4, 0.5) is 0 Å². The Morgan fingerprint density at radius 1 is 1.54 bits per heavy atom. The lowest BCUT2D eigenvalue weighted by molar-refractivity contribution is -0.150. The molecule has 7 nitrogen and oxygen atoms in total. The molecular formula is C16H20N4O3S. The monoisotopic (exact) mass is 348 g/mol. The Hall–Kier alpha value is -2.06. The third-order valence-corrected chi connectivity index (χ3v) is 4.27. The second-order valence-electron chi connectivity index (χ2n) is 5.72. The first-order valence-electron chi connectivity index (χ1n) is 8.04. The summed E-state index contributed by atoms with van der Waals surface area (Å²) in [5.74, 6) is 0.242. The van der Waals surface area contributed by atoms with Gasteiger partial charge in [0.2, 0.25) is 5.89 Å². The molecule has 0 unspecified atom stereocenters. The van der Waals surface area contributed by atoms with Crippen molar-refractivity contribution in [3.05, 3.63) is 29.4 Å². The highest BCUT2D eigenvalue weighted by molar-refractivity contribution is 7.71. The van der Waals surface area contributed by atoms with Gasteiger partial charge in [-0.2, -0.15) is 0 Å². The fraction of sp³-hybridized carbons (Fsp3) is 0.500. The van der Waals surface area contributed by atoms with Crippen LogP contribution >= 0.6 is 12.2 Å². The molecule has 0 amide bonds. The van der Waals surface area contributed by atoms with E-state index < -0.39 is 0 Å². The molecule has 0 spiro atoms. The minimum atomic E-state index is -0.123. The number of hydrogen-bond donors (Lipinski definition) is 0. The van der Waals surface area contributed by atoms with E-state index in [0.29, 0.717) is 30.5 Å². The Bertz CT molecular complexity index is 743. The highest BCUT2D eigenvalue weighted by Gasteiger charge is 2.27. The topological polar surface area (TPSA) is 73.4 Å². The quantitative estimate of drug-likeness (QED) is 0.607. The Morgan fingerprint density at radius 2 is 2.42 bits per heavy atom. The van der Waals surface area contributed by atoms with Crippen molar-refractivity contribution in [2.45, 2.75) is 26.4 Å². The molecule has 3 heterocycles. The normalized spacial score (nSPS) is 18.5. The first-order chi connectivity index (χ1) is 11.7. The Labute approximate surface area is 145 Å².